The van der Waals surface area contributed by atoms with Gasteiger partial charge in [0, 0.05) is 28.3 Å². The lowest BCUT2D eigenvalue weighted by atomic mass is 9.87. The van der Waals surface area contributed by atoms with E-state index in [0.29, 0.717) is 40.0 Å². The van der Waals surface area contributed by atoms with Gasteiger partial charge in [0.25, 0.3) is 5.91 Å². The van der Waals surface area contributed by atoms with E-state index < -0.39 is 30.1 Å². The minimum Gasteiger partial charge on any atom is -0.434 e. The third-order valence-electron chi connectivity index (χ3n) is 6.96. The molecule has 6 nitrogen and oxygen atoms in total. The molecule has 1 aromatic heterocycles. The first-order valence-corrected chi connectivity index (χ1v) is 11.6. The highest BCUT2D eigenvalue weighted by Crippen LogP contribution is 2.48. The normalized spacial score (nSPS) is 18.7. The minimum atomic E-state index is -3.05. The fourth-order valence-electron chi connectivity index (χ4n) is 5.52. The van der Waals surface area contributed by atoms with Gasteiger partial charge in [0.05, 0.1) is 23.1 Å². The summed E-state index contributed by atoms with van der Waals surface area (Å²) in [5.74, 6) is -0.355. The zero-order chi connectivity index (χ0) is 25.4. The molecule has 1 amide bonds. The van der Waals surface area contributed by atoms with Crippen LogP contribution in [0.2, 0.25) is 0 Å². The number of carbonyl (C=O) groups is 1. The Balaban J connectivity index is 1.60. The van der Waals surface area contributed by atoms with Crippen molar-refractivity contribution in [3.8, 4) is 16.9 Å². The second-order valence-electron chi connectivity index (χ2n) is 9.80. The predicted octanol–water partition coefficient (Wildman–Crippen LogP) is 5.42. The van der Waals surface area contributed by atoms with Crippen LogP contribution in [0.25, 0.3) is 22.2 Å². The van der Waals surface area contributed by atoms with E-state index in [-0.39, 0.29) is 17.2 Å². The Morgan fingerprint density at radius 2 is 1.86 bits per heavy atom. The monoisotopic (exact) mass is 492 g/mol. The zero-order valence-electron chi connectivity index (χ0n) is 19.6. The first kappa shape index (κ1) is 22.6. The molecule has 2 bridgehead atoms. The second-order valence-corrected chi connectivity index (χ2v) is 9.80. The standard InChI is InChI=1S/C27H23F3N4O2/c1-27(2,31)16-8-4-3-6-13(16)15-10-20-18(11-17(15)28)32-24-19-12-21(34(20)24)23-14(25(35)33-19)7-5-9-22(23)36-26(29)30/h3-11,19,21,26H,12,31H2,1-2H3,(H,33,35)/t19-,21-/m1/s1. The second kappa shape index (κ2) is 7.83. The molecule has 0 fully saturated rings. The summed E-state index contributed by atoms with van der Waals surface area (Å²) in [6.45, 7) is 0.668. The third-order valence-corrected chi connectivity index (χ3v) is 6.96. The number of benzene rings is 3. The van der Waals surface area contributed by atoms with E-state index in [4.69, 9.17) is 10.5 Å². The van der Waals surface area contributed by atoms with Crippen molar-refractivity contribution < 1.29 is 22.7 Å². The smallest absolute Gasteiger partial charge is 0.387 e. The Bertz CT molecular complexity index is 1540. The predicted molar refractivity (Wildman–Crippen MR) is 128 cm³/mol. The number of fused-ring (bicyclic) bond motifs is 9. The van der Waals surface area contributed by atoms with E-state index in [0.717, 1.165) is 5.56 Å². The Hall–Kier alpha value is -3.85. The molecule has 9 heteroatoms. The molecule has 3 aromatic carbocycles. The zero-order valence-corrected chi connectivity index (χ0v) is 19.6. The van der Waals surface area contributed by atoms with Gasteiger partial charge in [-0.25, -0.2) is 9.37 Å². The summed E-state index contributed by atoms with van der Waals surface area (Å²) in [6, 6.07) is 14.0. The molecular weight excluding hydrogens is 469 g/mol. The molecule has 3 heterocycles. The number of rotatable bonds is 4. The average Bonchev–Trinajstić information content (AvgIpc) is 3.29. The van der Waals surface area contributed by atoms with Gasteiger partial charge >= 0.3 is 6.61 Å². The van der Waals surface area contributed by atoms with Gasteiger partial charge in [-0.15, -0.1) is 0 Å². The van der Waals surface area contributed by atoms with Gasteiger partial charge in [-0.3, -0.25) is 4.79 Å². The third kappa shape index (κ3) is 3.37. The number of nitrogens with two attached hydrogens (primary N) is 1. The van der Waals surface area contributed by atoms with Crippen LogP contribution < -0.4 is 15.8 Å². The summed E-state index contributed by atoms with van der Waals surface area (Å²) in [4.78, 5) is 17.6. The van der Waals surface area contributed by atoms with Crippen molar-refractivity contribution in [2.75, 3.05) is 0 Å². The number of amides is 1. The molecule has 3 N–H and O–H groups in total. The number of nitrogens with one attached hydrogen (secondary N) is 1. The Kier molecular flexibility index (Phi) is 4.91. The summed E-state index contributed by atoms with van der Waals surface area (Å²) in [5.41, 5.74) is 9.15. The maximum atomic E-state index is 15.5. The quantitative estimate of drug-likeness (QED) is 0.399. The lowest BCUT2D eigenvalue weighted by Gasteiger charge is -2.24. The van der Waals surface area contributed by atoms with Crippen LogP contribution in [0, 0.1) is 5.82 Å². The number of alkyl halides is 2. The van der Waals surface area contributed by atoms with Crippen LogP contribution in [-0.2, 0) is 5.54 Å². The molecule has 2 atom stereocenters. The molecule has 184 valence electrons. The number of halogens is 3. The molecule has 0 radical (unpaired) electrons. The van der Waals surface area contributed by atoms with Gasteiger partial charge in [-0.05, 0) is 49.6 Å². The first-order valence-electron chi connectivity index (χ1n) is 11.6. The minimum absolute atomic E-state index is 0.0597. The van der Waals surface area contributed by atoms with Gasteiger partial charge < -0.3 is 20.4 Å². The molecule has 4 aromatic rings. The van der Waals surface area contributed by atoms with Gasteiger partial charge in [-0.1, -0.05) is 30.3 Å². The van der Waals surface area contributed by atoms with E-state index in [9.17, 15) is 13.6 Å². The lowest BCUT2D eigenvalue weighted by molar-refractivity contribution is -0.0507. The molecule has 0 spiro atoms. The van der Waals surface area contributed by atoms with Crippen molar-refractivity contribution in [2.45, 2.75) is 44.5 Å². The van der Waals surface area contributed by atoms with Crippen LogP contribution in [-0.4, -0.2) is 22.1 Å². The van der Waals surface area contributed by atoms with Crippen LogP contribution in [0.1, 0.15) is 59.7 Å². The van der Waals surface area contributed by atoms with Crippen molar-refractivity contribution in [1.29, 1.82) is 0 Å². The SMILES string of the molecule is CC(C)(N)c1ccccc1-c1cc2c(cc1F)nc1n2[C@@H]2C[C@H]1NC(=O)c1cccc(OC(F)F)c12. The van der Waals surface area contributed by atoms with Crippen LogP contribution in [0.15, 0.2) is 54.6 Å². The van der Waals surface area contributed by atoms with Gasteiger partial charge in [0.15, 0.2) is 0 Å². The van der Waals surface area contributed by atoms with Crippen LogP contribution in [0.4, 0.5) is 13.2 Å². The van der Waals surface area contributed by atoms with E-state index in [1.165, 1.54) is 18.2 Å². The van der Waals surface area contributed by atoms with Gasteiger partial charge in [0.2, 0.25) is 0 Å². The fourth-order valence-corrected chi connectivity index (χ4v) is 5.52. The molecule has 6 rings (SSSR count). The topological polar surface area (TPSA) is 82.2 Å². The Labute approximate surface area is 204 Å². The number of nitrogens with zero attached hydrogens (tertiary/aromatic N) is 2. The average molecular weight is 493 g/mol. The molecule has 0 saturated carbocycles. The largest absolute Gasteiger partial charge is 0.434 e. The highest BCUT2D eigenvalue weighted by molar-refractivity contribution is 5.98. The molecule has 36 heavy (non-hydrogen) atoms. The van der Waals surface area contributed by atoms with Crippen molar-refractivity contribution in [1.82, 2.24) is 14.9 Å². The van der Waals surface area contributed by atoms with Crippen molar-refractivity contribution in [3.05, 3.63) is 82.9 Å². The highest BCUT2D eigenvalue weighted by Gasteiger charge is 2.42. The number of carbonyl (C=O) groups excluding carboxylic acids is 1. The number of aromatic nitrogens is 2. The van der Waals surface area contributed by atoms with Crippen LogP contribution in [0.3, 0.4) is 0 Å². The highest BCUT2D eigenvalue weighted by atomic mass is 19.3. The van der Waals surface area contributed by atoms with Crippen molar-refractivity contribution in [2.24, 2.45) is 5.73 Å². The van der Waals surface area contributed by atoms with Gasteiger partial charge in [0.1, 0.15) is 17.4 Å². The Morgan fingerprint density at radius 1 is 1.11 bits per heavy atom. The van der Waals surface area contributed by atoms with Gasteiger partial charge in [-0.2, -0.15) is 8.78 Å². The summed E-state index contributed by atoms with van der Waals surface area (Å²) in [5, 5.41) is 2.94. The fraction of sp³-hybridized carbons (Fsp3) is 0.259. The van der Waals surface area contributed by atoms with Crippen molar-refractivity contribution >= 4 is 16.9 Å². The molecule has 0 unspecified atom stereocenters. The van der Waals surface area contributed by atoms with E-state index >= 15 is 4.39 Å². The molecule has 0 saturated heterocycles. The Morgan fingerprint density at radius 3 is 2.61 bits per heavy atom. The first-order chi connectivity index (χ1) is 17.1. The summed E-state index contributed by atoms with van der Waals surface area (Å²) in [6.07, 6.45) is 0.416. The molecule has 0 aliphatic carbocycles. The molecule has 2 aliphatic rings. The summed E-state index contributed by atoms with van der Waals surface area (Å²) < 4.78 is 48.7. The van der Waals surface area contributed by atoms with E-state index in [1.54, 1.807) is 12.1 Å². The maximum Gasteiger partial charge on any atom is 0.387 e. The lowest BCUT2D eigenvalue weighted by Crippen LogP contribution is -2.29. The van der Waals surface area contributed by atoms with E-state index in [1.807, 2.05) is 42.7 Å². The number of hydrogen-bond donors (Lipinski definition) is 2. The van der Waals surface area contributed by atoms with Crippen molar-refractivity contribution in [3.63, 3.8) is 0 Å². The number of imidazole rings is 1. The number of ether oxygens (including phenoxy) is 1. The molecule has 2 aliphatic heterocycles. The van der Waals surface area contributed by atoms with Crippen LogP contribution >= 0.6 is 0 Å². The maximum absolute atomic E-state index is 15.5. The number of hydrogen-bond acceptors (Lipinski definition) is 4. The summed E-state index contributed by atoms with van der Waals surface area (Å²) in [7, 11) is 0. The summed E-state index contributed by atoms with van der Waals surface area (Å²) >= 11 is 0. The van der Waals surface area contributed by atoms with E-state index in [2.05, 4.69) is 10.3 Å². The van der Waals surface area contributed by atoms with Crippen LogP contribution in [0.5, 0.6) is 5.75 Å². The molecular formula is C27H23F3N4O2.